The van der Waals surface area contributed by atoms with Crippen LogP contribution in [0, 0.1) is 0 Å². The highest BCUT2D eigenvalue weighted by atomic mass is 32.2. The Balaban J connectivity index is 2.09. The number of hydrogen-bond acceptors (Lipinski definition) is 4. The Morgan fingerprint density at radius 2 is 2.05 bits per heavy atom. The largest absolute Gasteiger partial charge is 0.416 e. The van der Waals surface area contributed by atoms with E-state index in [0.29, 0.717) is 0 Å². The van der Waals surface area contributed by atoms with Crippen LogP contribution in [0.1, 0.15) is 11.1 Å². The van der Waals surface area contributed by atoms with Crippen LogP contribution in [-0.2, 0) is 29.9 Å². The first-order valence-corrected chi connectivity index (χ1v) is 7.89. The van der Waals surface area contributed by atoms with E-state index >= 15 is 0 Å². The Labute approximate surface area is 127 Å². The van der Waals surface area contributed by atoms with Gasteiger partial charge < -0.3 is 5.11 Å². The minimum Gasteiger partial charge on any atom is -0.391 e. The first kappa shape index (κ1) is 16.6. The van der Waals surface area contributed by atoms with Crippen LogP contribution in [0.5, 0.6) is 0 Å². The summed E-state index contributed by atoms with van der Waals surface area (Å²) in [5, 5.41) is 14.0. The molecule has 1 aromatic carbocycles. The number of alkyl halides is 3. The van der Waals surface area contributed by atoms with Crippen molar-refractivity contribution in [3.63, 3.8) is 0 Å². The third-order valence-corrected chi connectivity index (χ3v) is 3.65. The second-order valence-electron chi connectivity index (χ2n) is 4.72. The van der Waals surface area contributed by atoms with Gasteiger partial charge in [0.15, 0.2) is 0 Å². The van der Waals surface area contributed by atoms with E-state index in [4.69, 9.17) is 0 Å². The van der Waals surface area contributed by atoms with Gasteiger partial charge in [0.1, 0.15) is 6.33 Å². The molecule has 0 saturated carbocycles. The minimum absolute atomic E-state index is 0.0157. The van der Waals surface area contributed by atoms with Crippen molar-refractivity contribution in [1.82, 2.24) is 14.8 Å². The molecule has 120 valence electrons. The average molecular weight is 333 g/mol. The molecule has 0 spiro atoms. The number of benzene rings is 1. The molecule has 2 atom stereocenters. The molecule has 0 aliphatic carbocycles. The molecule has 0 unspecified atom stereocenters. The van der Waals surface area contributed by atoms with Crippen molar-refractivity contribution in [1.29, 1.82) is 0 Å². The van der Waals surface area contributed by atoms with Crippen molar-refractivity contribution in [2.45, 2.75) is 30.4 Å². The van der Waals surface area contributed by atoms with Crippen molar-refractivity contribution in [2.75, 3.05) is 6.26 Å². The molecule has 0 amide bonds. The highest BCUT2D eigenvalue weighted by molar-refractivity contribution is 7.84. The van der Waals surface area contributed by atoms with Crippen LogP contribution < -0.4 is 0 Å². The zero-order valence-corrected chi connectivity index (χ0v) is 12.4. The van der Waals surface area contributed by atoms with Gasteiger partial charge in [-0.1, -0.05) is 18.2 Å². The van der Waals surface area contributed by atoms with Gasteiger partial charge in [0.2, 0.25) is 5.16 Å². The fourth-order valence-corrected chi connectivity index (χ4v) is 2.42. The van der Waals surface area contributed by atoms with Crippen LogP contribution in [0.4, 0.5) is 13.2 Å². The molecule has 5 nitrogen and oxygen atoms in total. The molecular formula is C13H14F3N3O2S. The molecular weight excluding hydrogens is 319 g/mol. The summed E-state index contributed by atoms with van der Waals surface area (Å²) in [6, 6.07) is 5.11. The topological polar surface area (TPSA) is 68.0 Å². The molecule has 0 aliphatic rings. The van der Waals surface area contributed by atoms with E-state index in [2.05, 4.69) is 10.1 Å². The lowest BCUT2D eigenvalue weighted by Gasteiger charge is -2.15. The lowest BCUT2D eigenvalue weighted by molar-refractivity contribution is -0.138. The van der Waals surface area contributed by atoms with Crippen LogP contribution in [0.3, 0.4) is 0 Å². The lowest BCUT2D eigenvalue weighted by atomic mass is 10.0. The molecule has 1 heterocycles. The van der Waals surface area contributed by atoms with Crippen LogP contribution in [0.2, 0.25) is 0 Å². The molecule has 1 aromatic heterocycles. The number of hydrogen-bond donors (Lipinski definition) is 1. The van der Waals surface area contributed by atoms with E-state index in [-0.39, 0.29) is 23.7 Å². The van der Waals surface area contributed by atoms with Gasteiger partial charge in [-0.15, -0.1) is 5.10 Å². The summed E-state index contributed by atoms with van der Waals surface area (Å²) in [4.78, 5) is 3.79. The van der Waals surface area contributed by atoms with Crippen molar-refractivity contribution >= 4 is 10.8 Å². The molecule has 0 aliphatic heterocycles. The highest BCUT2D eigenvalue weighted by Gasteiger charge is 2.33. The van der Waals surface area contributed by atoms with E-state index < -0.39 is 28.6 Å². The monoisotopic (exact) mass is 333 g/mol. The molecule has 1 N–H and O–H groups in total. The first-order valence-electron chi connectivity index (χ1n) is 6.33. The zero-order chi connectivity index (χ0) is 16.3. The molecule has 9 heteroatoms. The van der Waals surface area contributed by atoms with Crippen LogP contribution in [0.25, 0.3) is 0 Å². The van der Waals surface area contributed by atoms with E-state index in [1.54, 1.807) is 0 Å². The Hall–Kier alpha value is -1.74. The second-order valence-corrected chi connectivity index (χ2v) is 5.99. The molecule has 0 radical (unpaired) electrons. The third-order valence-electron chi connectivity index (χ3n) is 2.95. The van der Waals surface area contributed by atoms with Crippen molar-refractivity contribution < 1.29 is 22.5 Å². The Morgan fingerprint density at radius 1 is 1.36 bits per heavy atom. The average Bonchev–Trinajstić information content (AvgIpc) is 2.86. The molecule has 0 bridgehead atoms. The van der Waals surface area contributed by atoms with Crippen molar-refractivity contribution in [3.05, 3.63) is 41.7 Å². The minimum atomic E-state index is -4.46. The number of aliphatic hydroxyl groups excluding tert-OH is 1. The second kappa shape index (κ2) is 6.57. The fourth-order valence-electron chi connectivity index (χ4n) is 2.01. The van der Waals surface area contributed by atoms with E-state index in [0.717, 1.165) is 6.07 Å². The predicted molar refractivity (Wildman–Crippen MR) is 73.5 cm³/mol. The number of nitrogens with zero attached hydrogens (tertiary/aromatic N) is 3. The van der Waals surface area contributed by atoms with Gasteiger partial charge in [0.05, 0.1) is 29.0 Å². The summed E-state index contributed by atoms with van der Waals surface area (Å²) in [6.45, 7) is -0.0314. The van der Waals surface area contributed by atoms with E-state index in [1.165, 1.54) is 35.5 Å². The standard InChI is InChI=1S/C13H14F3N3O2S/c1-22(21)12-17-8-19(18-12)7-10(20)6-9-4-2-3-5-11(9)13(14,15)16/h2-5,8,10,20H,6-7H2,1H3/t10-,22-/m0/s1. The SMILES string of the molecule is C[S@](=O)c1ncn(C[C@@H](O)Cc2ccccc2C(F)(F)F)n1. The van der Waals surface area contributed by atoms with Gasteiger partial charge in [-0.2, -0.15) is 13.2 Å². The fraction of sp³-hybridized carbons (Fsp3) is 0.385. The maximum absolute atomic E-state index is 12.9. The van der Waals surface area contributed by atoms with E-state index in [1.807, 2.05) is 0 Å². The van der Waals surface area contributed by atoms with Crippen LogP contribution in [0.15, 0.2) is 35.7 Å². The zero-order valence-electron chi connectivity index (χ0n) is 11.6. The van der Waals surface area contributed by atoms with Gasteiger partial charge in [-0.05, 0) is 11.6 Å². The van der Waals surface area contributed by atoms with Gasteiger partial charge in [0, 0.05) is 12.7 Å². The summed E-state index contributed by atoms with van der Waals surface area (Å²) in [5.74, 6) is 0. The van der Waals surface area contributed by atoms with Gasteiger partial charge in [-0.3, -0.25) is 4.21 Å². The Bertz CT molecular complexity index is 673. The summed E-state index contributed by atoms with van der Waals surface area (Å²) < 4.78 is 51.1. The van der Waals surface area contributed by atoms with Gasteiger partial charge >= 0.3 is 6.18 Å². The maximum Gasteiger partial charge on any atom is 0.416 e. The number of aliphatic hydroxyl groups is 1. The van der Waals surface area contributed by atoms with Crippen LogP contribution in [-0.4, -0.2) is 36.4 Å². The summed E-state index contributed by atoms with van der Waals surface area (Å²) in [7, 11) is -1.35. The summed E-state index contributed by atoms with van der Waals surface area (Å²) in [6.07, 6.45) is -3.00. The highest BCUT2D eigenvalue weighted by Crippen LogP contribution is 2.32. The van der Waals surface area contributed by atoms with Crippen LogP contribution >= 0.6 is 0 Å². The third kappa shape index (κ3) is 4.14. The number of halogens is 3. The smallest absolute Gasteiger partial charge is 0.391 e. The Morgan fingerprint density at radius 3 is 2.64 bits per heavy atom. The quantitative estimate of drug-likeness (QED) is 0.903. The van der Waals surface area contributed by atoms with Crippen molar-refractivity contribution in [2.24, 2.45) is 0 Å². The van der Waals surface area contributed by atoms with Crippen molar-refractivity contribution in [3.8, 4) is 0 Å². The predicted octanol–water partition coefficient (Wildman–Crippen LogP) is 1.64. The Kier molecular flexibility index (Phi) is 4.97. The molecule has 0 fully saturated rings. The van der Waals surface area contributed by atoms with Gasteiger partial charge in [0.25, 0.3) is 0 Å². The summed E-state index contributed by atoms with van der Waals surface area (Å²) in [5.41, 5.74) is -0.745. The molecule has 2 rings (SSSR count). The molecule has 22 heavy (non-hydrogen) atoms. The van der Waals surface area contributed by atoms with E-state index in [9.17, 15) is 22.5 Å². The first-order chi connectivity index (χ1) is 10.3. The normalized spacial score (nSPS) is 14.8. The number of aromatic nitrogens is 3. The maximum atomic E-state index is 12.9. The number of rotatable bonds is 5. The molecule has 0 saturated heterocycles. The summed E-state index contributed by atoms with van der Waals surface area (Å²) >= 11 is 0. The van der Waals surface area contributed by atoms with Gasteiger partial charge in [-0.25, -0.2) is 9.67 Å². The lowest BCUT2D eigenvalue weighted by Crippen LogP contribution is -2.21. The molecule has 2 aromatic rings.